The van der Waals surface area contributed by atoms with Gasteiger partial charge >= 0.3 is 0 Å². The predicted octanol–water partition coefficient (Wildman–Crippen LogP) is 4.50. The summed E-state index contributed by atoms with van der Waals surface area (Å²) in [5, 5.41) is 3.33. The fraction of sp³-hybridized carbons (Fsp3) is 0.179. The monoisotopic (exact) mass is 499 g/mol. The number of hydrogen-bond donors (Lipinski definition) is 1. The maximum atomic E-state index is 13.8. The minimum atomic E-state index is -0.904. The lowest BCUT2D eigenvalue weighted by molar-refractivity contribution is -0.128. The Kier molecular flexibility index (Phi) is 5.30. The van der Waals surface area contributed by atoms with Gasteiger partial charge in [-0.25, -0.2) is 4.90 Å². The summed E-state index contributed by atoms with van der Waals surface area (Å²) in [6, 6.07) is 20.2. The van der Waals surface area contributed by atoms with Crippen LogP contribution in [0.3, 0.4) is 0 Å². The Hall–Kier alpha value is -4.10. The number of halogens is 1. The molecule has 0 aromatic heterocycles. The van der Waals surface area contributed by atoms with E-state index in [-0.39, 0.29) is 11.8 Å². The molecule has 8 heteroatoms. The van der Waals surface area contributed by atoms with Gasteiger partial charge in [-0.2, -0.15) is 0 Å². The van der Waals surface area contributed by atoms with Gasteiger partial charge in [0.2, 0.25) is 17.7 Å². The van der Waals surface area contributed by atoms with Gasteiger partial charge in [0.25, 0.3) is 0 Å². The fourth-order valence-corrected chi connectivity index (χ4v) is 5.85. The smallest absolute Gasteiger partial charge is 0.248 e. The zero-order valence-electron chi connectivity index (χ0n) is 19.3. The summed E-state index contributed by atoms with van der Waals surface area (Å²) in [7, 11) is 1.50. The van der Waals surface area contributed by atoms with E-state index in [1.165, 1.54) is 12.0 Å². The molecule has 0 spiro atoms. The molecule has 0 radical (unpaired) electrons. The number of carbonyl (C=O) groups excluding carboxylic acids is 3. The molecule has 3 heterocycles. The number of hydrogen-bond acceptors (Lipinski definition) is 5. The second-order valence-electron chi connectivity index (χ2n) is 9.01. The van der Waals surface area contributed by atoms with Crippen LogP contribution in [0.4, 0.5) is 11.4 Å². The van der Waals surface area contributed by atoms with Crippen molar-refractivity contribution >= 4 is 46.8 Å². The van der Waals surface area contributed by atoms with Gasteiger partial charge in [-0.1, -0.05) is 54.1 Å². The normalized spacial score (nSPS) is 23.8. The fourth-order valence-electron chi connectivity index (χ4n) is 5.67. The average molecular weight is 500 g/mol. The lowest BCUT2D eigenvalue weighted by Gasteiger charge is -2.35. The molecule has 2 saturated heterocycles. The molecule has 4 atom stereocenters. The molecule has 0 saturated carbocycles. The van der Waals surface area contributed by atoms with E-state index in [0.29, 0.717) is 22.1 Å². The summed E-state index contributed by atoms with van der Waals surface area (Å²) < 4.78 is 5.39. The van der Waals surface area contributed by atoms with Crippen LogP contribution in [0, 0.1) is 11.8 Å². The number of rotatable bonds is 4. The third kappa shape index (κ3) is 3.31. The minimum absolute atomic E-state index is 0.299. The average Bonchev–Trinajstić information content (AvgIpc) is 3.37. The first-order chi connectivity index (χ1) is 17.5. The number of carbonyl (C=O) groups is 3. The molecule has 0 bridgehead atoms. The van der Waals surface area contributed by atoms with E-state index in [4.69, 9.17) is 16.3 Å². The summed E-state index contributed by atoms with van der Waals surface area (Å²) in [5.74, 6) is -2.21. The van der Waals surface area contributed by atoms with Gasteiger partial charge in [-0.05, 0) is 47.5 Å². The van der Waals surface area contributed by atoms with Crippen molar-refractivity contribution in [1.29, 1.82) is 0 Å². The molecule has 3 aromatic rings. The van der Waals surface area contributed by atoms with Crippen molar-refractivity contribution < 1.29 is 19.1 Å². The Morgan fingerprint density at radius 3 is 2.44 bits per heavy atom. The van der Waals surface area contributed by atoms with Gasteiger partial charge in [0.05, 0.1) is 36.4 Å². The number of nitrogens with zero attached hydrogens (tertiary/aromatic N) is 2. The van der Waals surface area contributed by atoms with Crippen LogP contribution in [0.5, 0.6) is 5.75 Å². The molecular weight excluding hydrogens is 478 g/mol. The van der Waals surface area contributed by atoms with E-state index in [9.17, 15) is 14.4 Å². The van der Waals surface area contributed by atoms with Crippen LogP contribution in [0.15, 0.2) is 79.0 Å². The summed E-state index contributed by atoms with van der Waals surface area (Å²) in [5.41, 5.74) is 2.78. The maximum Gasteiger partial charge on any atom is 0.248 e. The Labute approximate surface area is 212 Å². The lowest BCUT2D eigenvalue weighted by Crippen LogP contribution is -2.46. The van der Waals surface area contributed by atoms with E-state index in [0.717, 1.165) is 11.1 Å². The van der Waals surface area contributed by atoms with Crippen molar-refractivity contribution in [2.45, 2.75) is 12.1 Å². The summed E-state index contributed by atoms with van der Waals surface area (Å²) in [6.07, 6.45) is 3.73. The standard InChI is InChI=1S/C28H22ClN3O4/c1-36-21-12-11-17(29)15-20(21)30-26(33)25-23-22(24-19-10-6-5-7-16(19)13-14-31(24)25)27(34)32(28(23)35)18-8-3-2-4-9-18/h2-15,22-25H,1H3,(H,30,33)/t22-,23+,24?,25-/m0/s1. The molecular formula is C28H22ClN3O4. The van der Waals surface area contributed by atoms with Gasteiger partial charge in [0, 0.05) is 11.2 Å². The number of nitrogens with one attached hydrogen (secondary N) is 1. The number of ether oxygens (including phenoxy) is 1. The van der Waals surface area contributed by atoms with Gasteiger partial charge in [0.15, 0.2) is 0 Å². The maximum absolute atomic E-state index is 13.8. The van der Waals surface area contributed by atoms with E-state index in [1.807, 2.05) is 47.5 Å². The SMILES string of the molecule is COc1ccc(Cl)cc1NC(=O)[C@@H]1[C@@H]2C(=O)N(c3ccccc3)C(=O)[C@@H]2C2c3ccccc3C=CN21. The molecule has 3 aliphatic heterocycles. The van der Waals surface area contributed by atoms with E-state index < -0.39 is 29.8 Å². The van der Waals surface area contributed by atoms with E-state index in [1.54, 1.807) is 42.5 Å². The Bertz CT molecular complexity index is 1420. The second kappa shape index (κ2) is 8.53. The first-order valence-corrected chi connectivity index (χ1v) is 12.0. The molecule has 3 amide bonds. The molecule has 6 rings (SSSR count). The van der Waals surface area contributed by atoms with Crippen LogP contribution in [-0.2, 0) is 14.4 Å². The molecule has 7 nitrogen and oxygen atoms in total. The summed E-state index contributed by atoms with van der Waals surface area (Å²) >= 11 is 6.17. The van der Waals surface area contributed by atoms with E-state index in [2.05, 4.69) is 5.32 Å². The van der Waals surface area contributed by atoms with Gasteiger partial charge < -0.3 is 15.0 Å². The van der Waals surface area contributed by atoms with Crippen molar-refractivity contribution in [2.24, 2.45) is 11.8 Å². The Morgan fingerprint density at radius 2 is 1.67 bits per heavy atom. The number of imide groups is 1. The van der Waals surface area contributed by atoms with Gasteiger partial charge in [0.1, 0.15) is 11.8 Å². The molecule has 0 aliphatic carbocycles. The molecule has 180 valence electrons. The van der Waals surface area contributed by atoms with Gasteiger partial charge in [-0.15, -0.1) is 0 Å². The topological polar surface area (TPSA) is 79.0 Å². The number of benzene rings is 3. The first kappa shape index (κ1) is 22.4. The highest BCUT2D eigenvalue weighted by molar-refractivity contribution is 6.31. The zero-order valence-corrected chi connectivity index (χ0v) is 20.1. The van der Waals surface area contributed by atoms with Crippen molar-refractivity contribution in [1.82, 2.24) is 4.90 Å². The quantitative estimate of drug-likeness (QED) is 0.535. The van der Waals surface area contributed by atoms with Crippen LogP contribution < -0.4 is 15.0 Å². The van der Waals surface area contributed by atoms with Crippen molar-refractivity contribution in [2.75, 3.05) is 17.3 Å². The minimum Gasteiger partial charge on any atom is -0.495 e. The summed E-state index contributed by atoms with van der Waals surface area (Å²) in [4.78, 5) is 44.6. The van der Waals surface area contributed by atoms with Crippen LogP contribution in [0.25, 0.3) is 6.08 Å². The van der Waals surface area contributed by atoms with Crippen molar-refractivity contribution in [3.8, 4) is 5.75 Å². The van der Waals surface area contributed by atoms with Crippen LogP contribution in [0.2, 0.25) is 5.02 Å². The highest BCUT2D eigenvalue weighted by Gasteiger charge is 2.64. The molecule has 1 unspecified atom stereocenters. The van der Waals surface area contributed by atoms with Crippen LogP contribution >= 0.6 is 11.6 Å². The Morgan fingerprint density at radius 1 is 0.944 bits per heavy atom. The van der Waals surface area contributed by atoms with E-state index >= 15 is 0 Å². The number of fused-ring (bicyclic) bond motifs is 5. The third-order valence-corrected chi connectivity index (χ3v) is 7.40. The molecule has 3 aromatic carbocycles. The number of para-hydroxylation sites is 1. The molecule has 2 fully saturated rings. The summed E-state index contributed by atoms with van der Waals surface area (Å²) in [6.45, 7) is 0. The zero-order chi connectivity index (χ0) is 25.0. The number of anilines is 2. The van der Waals surface area contributed by atoms with Crippen molar-refractivity contribution in [3.05, 3.63) is 95.1 Å². The first-order valence-electron chi connectivity index (χ1n) is 11.6. The van der Waals surface area contributed by atoms with Gasteiger partial charge in [-0.3, -0.25) is 14.4 Å². The Balaban J connectivity index is 1.45. The van der Waals surface area contributed by atoms with Crippen LogP contribution in [0.1, 0.15) is 17.2 Å². The lowest BCUT2D eigenvalue weighted by atomic mass is 9.84. The molecule has 1 N–H and O–H groups in total. The van der Waals surface area contributed by atoms with Crippen molar-refractivity contribution in [3.63, 3.8) is 0 Å². The highest BCUT2D eigenvalue weighted by atomic mass is 35.5. The largest absolute Gasteiger partial charge is 0.495 e. The molecule has 3 aliphatic rings. The second-order valence-corrected chi connectivity index (χ2v) is 9.45. The predicted molar refractivity (Wildman–Crippen MR) is 136 cm³/mol. The highest BCUT2D eigenvalue weighted by Crippen LogP contribution is 2.53. The van der Waals surface area contributed by atoms with Crippen LogP contribution in [-0.4, -0.2) is 35.8 Å². The number of methoxy groups -OCH3 is 1. The third-order valence-electron chi connectivity index (χ3n) is 7.16. The number of amides is 3. The molecule has 36 heavy (non-hydrogen) atoms.